The summed E-state index contributed by atoms with van der Waals surface area (Å²) in [5, 5.41) is 2.86. The van der Waals surface area contributed by atoms with Crippen molar-refractivity contribution in [3.63, 3.8) is 0 Å². The Balaban J connectivity index is 1.54. The van der Waals surface area contributed by atoms with Crippen LogP contribution in [0, 0.1) is 18.2 Å². The lowest BCUT2D eigenvalue weighted by molar-refractivity contribution is -0.131. The van der Waals surface area contributed by atoms with Crippen molar-refractivity contribution in [3.05, 3.63) is 53.9 Å². The molecule has 2 amide bonds. The van der Waals surface area contributed by atoms with Crippen LogP contribution in [-0.2, 0) is 4.79 Å². The molecular formula is C22H24F2N4O2. The van der Waals surface area contributed by atoms with Crippen LogP contribution in [0.3, 0.4) is 0 Å². The Morgan fingerprint density at radius 2 is 1.97 bits per heavy atom. The maximum Gasteiger partial charge on any atom is 0.270 e. The monoisotopic (exact) mass is 414 g/mol. The fourth-order valence-corrected chi connectivity index (χ4v) is 4.89. The molecule has 1 spiro atoms. The number of rotatable bonds is 3. The standard InChI is InChI=1S/C22H24F2N4O2/c1-14-25-9-7-18(26-14)19(29)27-16-11-21(2,24)13-22(12-16)8-10-28(20(22)30)17-5-3-15(23)4-6-17/h3-7,9,16H,8,10-13H2,1-2H3,(H,27,29). The Morgan fingerprint density at radius 3 is 2.67 bits per heavy atom. The molecule has 1 N–H and O–H groups in total. The van der Waals surface area contributed by atoms with Crippen molar-refractivity contribution in [3.8, 4) is 0 Å². The second-order valence-corrected chi connectivity index (χ2v) is 8.62. The number of carbonyl (C=O) groups excluding carboxylic acids is 2. The molecule has 6 nitrogen and oxygen atoms in total. The number of anilines is 1. The van der Waals surface area contributed by atoms with Gasteiger partial charge in [-0.2, -0.15) is 0 Å². The Morgan fingerprint density at radius 1 is 1.23 bits per heavy atom. The molecule has 0 radical (unpaired) electrons. The van der Waals surface area contributed by atoms with Crippen molar-refractivity contribution >= 4 is 17.5 Å². The zero-order chi connectivity index (χ0) is 21.5. The molecule has 1 aliphatic carbocycles. The van der Waals surface area contributed by atoms with E-state index in [1.54, 1.807) is 24.0 Å². The molecule has 8 heteroatoms. The van der Waals surface area contributed by atoms with Crippen LogP contribution in [0.5, 0.6) is 0 Å². The largest absolute Gasteiger partial charge is 0.348 e. The van der Waals surface area contributed by atoms with Crippen molar-refractivity contribution in [1.29, 1.82) is 0 Å². The molecule has 1 saturated heterocycles. The van der Waals surface area contributed by atoms with Crippen LogP contribution >= 0.6 is 0 Å². The highest BCUT2D eigenvalue weighted by molar-refractivity contribution is 6.00. The van der Waals surface area contributed by atoms with Gasteiger partial charge in [0.25, 0.3) is 5.91 Å². The number of halogens is 2. The van der Waals surface area contributed by atoms with E-state index in [9.17, 15) is 14.0 Å². The maximum absolute atomic E-state index is 15.3. The molecule has 3 unspecified atom stereocenters. The molecule has 0 bridgehead atoms. The smallest absolute Gasteiger partial charge is 0.270 e. The summed E-state index contributed by atoms with van der Waals surface area (Å²) in [5.41, 5.74) is -1.67. The number of hydrogen-bond acceptors (Lipinski definition) is 4. The second kappa shape index (κ2) is 7.41. The van der Waals surface area contributed by atoms with Gasteiger partial charge in [-0.25, -0.2) is 18.7 Å². The van der Waals surface area contributed by atoms with Gasteiger partial charge < -0.3 is 10.2 Å². The minimum absolute atomic E-state index is 0.107. The Labute approximate surface area is 173 Å². The van der Waals surface area contributed by atoms with Gasteiger partial charge >= 0.3 is 0 Å². The first kappa shape index (κ1) is 20.4. The lowest BCUT2D eigenvalue weighted by Gasteiger charge is -2.43. The number of alkyl halides is 1. The third kappa shape index (κ3) is 3.91. The summed E-state index contributed by atoms with van der Waals surface area (Å²) in [4.78, 5) is 35.6. The average molecular weight is 414 g/mol. The van der Waals surface area contributed by atoms with E-state index in [4.69, 9.17) is 0 Å². The predicted molar refractivity (Wildman–Crippen MR) is 107 cm³/mol. The molecule has 2 aliphatic rings. The SMILES string of the molecule is Cc1nccc(C(=O)NC2CC(C)(F)CC3(CCN(c4ccc(F)cc4)C3=O)C2)n1. The van der Waals surface area contributed by atoms with Crippen LogP contribution in [0.15, 0.2) is 36.5 Å². The fraction of sp³-hybridized carbons (Fsp3) is 0.455. The van der Waals surface area contributed by atoms with Gasteiger partial charge in [0.1, 0.15) is 23.0 Å². The lowest BCUT2D eigenvalue weighted by atomic mass is 9.66. The second-order valence-electron chi connectivity index (χ2n) is 8.62. The van der Waals surface area contributed by atoms with E-state index in [0.29, 0.717) is 30.9 Å². The zero-order valence-corrected chi connectivity index (χ0v) is 17.0. The van der Waals surface area contributed by atoms with E-state index in [-0.39, 0.29) is 30.3 Å². The fourth-order valence-electron chi connectivity index (χ4n) is 4.89. The van der Waals surface area contributed by atoms with Crippen LogP contribution in [-0.4, -0.2) is 40.0 Å². The first-order valence-corrected chi connectivity index (χ1v) is 10.0. The average Bonchev–Trinajstić information content (AvgIpc) is 2.96. The van der Waals surface area contributed by atoms with Crippen molar-refractivity contribution < 1.29 is 18.4 Å². The molecule has 30 heavy (non-hydrogen) atoms. The van der Waals surface area contributed by atoms with E-state index >= 15 is 4.39 Å². The van der Waals surface area contributed by atoms with Crippen LogP contribution in [0.25, 0.3) is 0 Å². The van der Waals surface area contributed by atoms with Crippen LogP contribution in [0.1, 0.15) is 48.9 Å². The Kier molecular flexibility index (Phi) is 5.03. The molecule has 4 rings (SSSR count). The number of carbonyl (C=O) groups is 2. The summed E-state index contributed by atoms with van der Waals surface area (Å²) in [6, 6.07) is 6.74. The molecule has 2 heterocycles. The zero-order valence-electron chi connectivity index (χ0n) is 17.0. The number of nitrogens with zero attached hydrogens (tertiary/aromatic N) is 3. The van der Waals surface area contributed by atoms with Crippen molar-refractivity contribution in [2.45, 2.75) is 51.2 Å². The van der Waals surface area contributed by atoms with Crippen molar-refractivity contribution in [2.75, 3.05) is 11.4 Å². The number of amides is 2. The van der Waals surface area contributed by atoms with E-state index in [1.807, 2.05) is 0 Å². The summed E-state index contributed by atoms with van der Waals surface area (Å²) in [7, 11) is 0. The van der Waals surface area contributed by atoms with Crippen LogP contribution < -0.4 is 10.2 Å². The Bertz CT molecular complexity index is 979. The summed E-state index contributed by atoms with van der Waals surface area (Å²) in [6.45, 7) is 3.61. The number of benzene rings is 1. The first-order chi connectivity index (χ1) is 14.2. The number of aromatic nitrogens is 2. The van der Waals surface area contributed by atoms with Crippen molar-refractivity contribution in [2.24, 2.45) is 5.41 Å². The van der Waals surface area contributed by atoms with Gasteiger partial charge in [-0.1, -0.05) is 0 Å². The van der Waals surface area contributed by atoms with Crippen LogP contribution in [0.2, 0.25) is 0 Å². The molecule has 3 atom stereocenters. The topological polar surface area (TPSA) is 75.2 Å². The lowest BCUT2D eigenvalue weighted by Crippen LogP contribution is -2.52. The molecule has 1 aromatic carbocycles. The van der Waals surface area contributed by atoms with Gasteiger partial charge in [-0.15, -0.1) is 0 Å². The molecule has 1 saturated carbocycles. The van der Waals surface area contributed by atoms with Gasteiger partial charge in [0.2, 0.25) is 5.91 Å². The normalized spacial score (nSPS) is 28.7. The molecule has 2 fully saturated rings. The first-order valence-electron chi connectivity index (χ1n) is 10.0. The number of nitrogens with one attached hydrogen (secondary N) is 1. The highest BCUT2D eigenvalue weighted by atomic mass is 19.1. The third-order valence-corrected chi connectivity index (χ3v) is 6.01. The minimum Gasteiger partial charge on any atom is -0.348 e. The molecule has 2 aromatic rings. The molecule has 1 aliphatic heterocycles. The van der Waals surface area contributed by atoms with E-state index < -0.39 is 23.0 Å². The Hall–Kier alpha value is -2.90. The quantitative estimate of drug-likeness (QED) is 0.836. The number of aryl methyl sites for hydroxylation is 1. The summed E-state index contributed by atoms with van der Waals surface area (Å²) in [6.07, 6.45) is 2.59. The molecular weight excluding hydrogens is 390 g/mol. The molecule has 1 aromatic heterocycles. The maximum atomic E-state index is 15.3. The highest BCUT2D eigenvalue weighted by Gasteiger charge is 2.55. The van der Waals surface area contributed by atoms with E-state index in [1.165, 1.54) is 31.3 Å². The minimum atomic E-state index is -1.59. The predicted octanol–water partition coefficient (Wildman–Crippen LogP) is 3.36. The molecule has 158 valence electrons. The van der Waals surface area contributed by atoms with Crippen LogP contribution in [0.4, 0.5) is 14.5 Å². The summed E-state index contributed by atoms with van der Waals surface area (Å²) < 4.78 is 28.5. The van der Waals surface area contributed by atoms with Gasteiger partial charge in [-0.05, 0) is 63.4 Å². The number of hydrogen-bond donors (Lipinski definition) is 1. The van der Waals surface area contributed by atoms with E-state index in [2.05, 4.69) is 15.3 Å². The van der Waals surface area contributed by atoms with Gasteiger partial charge in [0.05, 0.1) is 5.41 Å². The van der Waals surface area contributed by atoms with Crippen molar-refractivity contribution in [1.82, 2.24) is 15.3 Å². The van der Waals surface area contributed by atoms with Gasteiger partial charge in [0.15, 0.2) is 0 Å². The van der Waals surface area contributed by atoms with Gasteiger partial charge in [0, 0.05) is 30.9 Å². The highest BCUT2D eigenvalue weighted by Crippen LogP contribution is 2.50. The third-order valence-electron chi connectivity index (χ3n) is 6.01. The van der Waals surface area contributed by atoms with Gasteiger partial charge in [-0.3, -0.25) is 9.59 Å². The summed E-state index contributed by atoms with van der Waals surface area (Å²) in [5.74, 6) is -0.482. The van der Waals surface area contributed by atoms with E-state index in [0.717, 1.165) is 0 Å². The summed E-state index contributed by atoms with van der Waals surface area (Å²) >= 11 is 0.